The zero-order valence-corrected chi connectivity index (χ0v) is 14.7. The minimum atomic E-state index is -3.20. The normalized spacial score (nSPS) is 16.7. The average molecular weight is 351 g/mol. The lowest BCUT2D eigenvalue weighted by Crippen LogP contribution is -2.51. The van der Waals surface area contributed by atoms with Gasteiger partial charge in [-0.15, -0.1) is 0 Å². The number of amides is 1. The van der Waals surface area contributed by atoms with Crippen LogP contribution >= 0.6 is 0 Å². The maximum absolute atomic E-state index is 12.6. The number of sulfonamides is 1. The summed E-state index contributed by atoms with van der Waals surface area (Å²) in [5.41, 5.74) is 1.84. The number of aryl methyl sites for hydroxylation is 1. The summed E-state index contributed by atoms with van der Waals surface area (Å²) in [6, 6.07) is 5.19. The Labute approximate surface area is 141 Å². The highest BCUT2D eigenvalue weighted by molar-refractivity contribution is 7.89. The summed E-state index contributed by atoms with van der Waals surface area (Å²) in [7, 11) is -3.20. The Morgan fingerprint density at radius 3 is 2.62 bits per heavy atom. The first-order valence-corrected chi connectivity index (χ1v) is 9.66. The third-order valence-electron chi connectivity index (χ3n) is 4.12. The number of carbonyl (C=O) groups excluding carboxylic acids is 1. The molecule has 1 aromatic heterocycles. The molecule has 1 aliphatic rings. The van der Waals surface area contributed by atoms with E-state index in [2.05, 4.69) is 4.98 Å². The van der Waals surface area contributed by atoms with Gasteiger partial charge in [-0.3, -0.25) is 4.79 Å². The fourth-order valence-electron chi connectivity index (χ4n) is 2.91. The van der Waals surface area contributed by atoms with Gasteiger partial charge >= 0.3 is 0 Å². The summed E-state index contributed by atoms with van der Waals surface area (Å²) in [4.78, 5) is 18.5. The number of carbonyl (C=O) groups is 1. The van der Waals surface area contributed by atoms with Crippen LogP contribution in [0.2, 0.25) is 0 Å². The molecule has 1 aliphatic heterocycles. The molecule has 130 valence electrons. The van der Waals surface area contributed by atoms with Crippen molar-refractivity contribution in [3.8, 4) is 0 Å². The number of aromatic nitrogens is 1. The highest BCUT2D eigenvalue weighted by Crippen LogP contribution is 2.19. The Kier molecular flexibility index (Phi) is 4.60. The van der Waals surface area contributed by atoms with Crippen LogP contribution in [0, 0.1) is 6.92 Å². The number of rotatable bonds is 4. The van der Waals surface area contributed by atoms with E-state index in [0.29, 0.717) is 49.6 Å². The highest BCUT2D eigenvalue weighted by atomic mass is 32.2. The van der Waals surface area contributed by atoms with E-state index >= 15 is 0 Å². The topological polar surface area (TPSA) is 83.7 Å². The summed E-state index contributed by atoms with van der Waals surface area (Å²) in [6.45, 7) is 5.09. The van der Waals surface area contributed by atoms with Crippen molar-refractivity contribution in [2.75, 3.05) is 31.9 Å². The van der Waals surface area contributed by atoms with Gasteiger partial charge in [-0.1, -0.05) is 6.92 Å². The highest BCUT2D eigenvalue weighted by Gasteiger charge is 2.28. The van der Waals surface area contributed by atoms with E-state index in [-0.39, 0.29) is 11.7 Å². The molecule has 0 atom stereocenters. The first-order chi connectivity index (χ1) is 11.4. The summed E-state index contributed by atoms with van der Waals surface area (Å²) in [5, 5.41) is 0. The molecule has 8 heteroatoms. The molecule has 0 radical (unpaired) electrons. The number of fused-ring (bicyclic) bond motifs is 1. The molecule has 3 rings (SSSR count). The fourth-order valence-corrected chi connectivity index (χ4v) is 4.41. The molecule has 0 N–H and O–H groups in total. The van der Waals surface area contributed by atoms with E-state index in [1.807, 2.05) is 6.92 Å². The van der Waals surface area contributed by atoms with Crippen molar-refractivity contribution >= 4 is 27.0 Å². The van der Waals surface area contributed by atoms with Gasteiger partial charge in [0.1, 0.15) is 5.52 Å². The fraction of sp³-hybridized carbons (Fsp3) is 0.500. The minimum absolute atomic E-state index is 0.113. The molecule has 1 saturated heterocycles. The van der Waals surface area contributed by atoms with Crippen molar-refractivity contribution in [1.29, 1.82) is 0 Å². The van der Waals surface area contributed by atoms with E-state index < -0.39 is 10.0 Å². The third kappa shape index (κ3) is 3.29. The van der Waals surface area contributed by atoms with E-state index in [1.54, 1.807) is 30.0 Å². The quantitative estimate of drug-likeness (QED) is 0.836. The van der Waals surface area contributed by atoms with Gasteiger partial charge in [-0.2, -0.15) is 4.31 Å². The second-order valence-corrected chi connectivity index (χ2v) is 8.01. The molecule has 7 nitrogen and oxygen atoms in total. The van der Waals surface area contributed by atoms with Crippen LogP contribution in [-0.2, 0) is 10.0 Å². The summed E-state index contributed by atoms with van der Waals surface area (Å²) >= 11 is 0. The van der Waals surface area contributed by atoms with Crippen molar-refractivity contribution < 1.29 is 17.6 Å². The lowest BCUT2D eigenvalue weighted by atomic mass is 10.1. The van der Waals surface area contributed by atoms with E-state index in [0.717, 1.165) is 5.52 Å². The van der Waals surface area contributed by atoms with Crippen LogP contribution in [0.25, 0.3) is 11.1 Å². The standard InChI is InChI=1S/C16H21N3O4S/c1-3-10-24(21,22)19-8-6-18(7-9-19)16(20)13-4-5-14-15(11-13)23-12(2)17-14/h4-5,11H,3,6-10H2,1-2H3. The molecule has 1 amide bonds. The summed E-state index contributed by atoms with van der Waals surface area (Å²) in [5.74, 6) is 0.602. The molecule has 0 aliphatic carbocycles. The monoisotopic (exact) mass is 351 g/mol. The lowest BCUT2D eigenvalue weighted by Gasteiger charge is -2.34. The second kappa shape index (κ2) is 6.52. The first-order valence-electron chi connectivity index (χ1n) is 8.05. The van der Waals surface area contributed by atoms with Crippen molar-refractivity contribution in [2.24, 2.45) is 0 Å². The summed E-state index contributed by atoms with van der Waals surface area (Å²) in [6.07, 6.45) is 0.595. The Hall–Kier alpha value is -1.93. The average Bonchev–Trinajstić information content (AvgIpc) is 2.93. The molecule has 2 heterocycles. The summed E-state index contributed by atoms with van der Waals surface area (Å²) < 4.78 is 31.1. The molecule has 0 saturated carbocycles. The minimum Gasteiger partial charge on any atom is -0.441 e. The van der Waals surface area contributed by atoms with Gasteiger partial charge in [0.25, 0.3) is 5.91 Å². The van der Waals surface area contributed by atoms with Crippen molar-refractivity contribution in [1.82, 2.24) is 14.2 Å². The van der Waals surface area contributed by atoms with Gasteiger partial charge in [-0.05, 0) is 24.6 Å². The largest absolute Gasteiger partial charge is 0.441 e. The van der Waals surface area contributed by atoms with Crippen LogP contribution < -0.4 is 0 Å². The van der Waals surface area contributed by atoms with E-state index in [9.17, 15) is 13.2 Å². The Bertz CT molecular complexity index is 851. The molecule has 2 aromatic rings. The van der Waals surface area contributed by atoms with Gasteiger partial charge in [0.15, 0.2) is 11.5 Å². The maximum atomic E-state index is 12.6. The number of nitrogens with zero attached hydrogens (tertiary/aromatic N) is 3. The maximum Gasteiger partial charge on any atom is 0.254 e. The van der Waals surface area contributed by atoms with Gasteiger partial charge in [-0.25, -0.2) is 13.4 Å². The molecular formula is C16H21N3O4S. The van der Waals surface area contributed by atoms with Gasteiger partial charge in [0, 0.05) is 38.7 Å². The number of piperazine rings is 1. The molecule has 0 spiro atoms. The molecule has 0 bridgehead atoms. The van der Waals surface area contributed by atoms with Gasteiger partial charge in [0.05, 0.1) is 5.75 Å². The predicted octanol–water partition coefficient (Wildman–Crippen LogP) is 1.63. The van der Waals surface area contributed by atoms with Crippen molar-refractivity contribution in [2.45, 2.75) is 20.3 Å². The van der Waals surface area contributed by atoms with Crippen LogP contribution in [0.3, 0.4) is 0 Å². The van der Waals surface area contributed by atoms with Crippen LogP contribution in [0.1, 0.15) is 29.6 Å². The predicted molar refractivity (Wildman–Crippen MR) is 90.3 cm³/mol. The lowest BCUT2D eigenvalue weighted by molar-refractivity contribution is 0.0698. The molecule has 24 heavy (non-hydrogen) atoms. The van der Waals surface area contributed by atoms with Gasteiger partial charge < -0.3 is 9.32 Å². The number of oxazole rings is 1. The Balaban J connectivity index is 1.70. The zero-order valence-electron chi connectivity index (χ0n) is 13.9. The van der Waals surface area contributed by atoms with Crippen LogP contribution in [0.15, 0.2) is 22.6 Å². The number of hydrogen-bond donors (Lipinski definition) is 0. The van der Waals surface area contributed by atoms with Crippen molar-refractivity contribution in [3.63, 3.8) is 0 Å². The van der Waals surface area contributed by atoms with Crippen LogP contribution in [-0.4, -0.2) is 60.4 Å². The molecule has 0 unspecified atom stereocenters. The number of benzene rings is 1. The van der Waals surface area contributed by atoms with E-state index in [1.165, 1.54) is 4.31 Å². The molecule has 1 fully saturated rings. The Morgan fingerprint density at radius 2 is 1.96 bits per heavy atom. The van der Waals surface area contributed by atoms with Crippen molar-refractivity contribution in [3.05, 3.63) is 29.7 Å². The molecular weight excluding hydrogens is 330 g/mol. The Morgan fingerprint density at radius 1 is 1.25 bits per heavy atom. The third-order valence-corrected chi connectivity index (χ3v) is 6.20. The smallest absolute Gasteiger partial charge is 0.254 e. The molecule has 1 aromatic carbocycles. The van der Waals surface area contributed by atoms with Gasteiger partial charge in [0.2, 0.25) is 10.0 Å². The van der Waals surface area contributed by atoms with Crippen LogP contribution in [0.4, 0.5) is 0 Å². The van der Waals surface area contributed by atoms with Crippen LogP contribution in [0.5, 0.6) is 0 Å². The SMILES string of the molecule is CCCS(=O)(=O)N1CCN(C(=O)c2ccc3nc(C)oc3c2)CC1. The number of hydrogen-bond acceptors (Lipinski definition) is 5. The first kappa shape index (κ1) is 16.9. The zero-order chi connectivity index (χ0) is 17.3. The second-order valence-electron chi connectivity index (χ2n) is 5.92. The van der Waals surface area contributed by atoms with E-state index in [4.69, 9.17) is 4.42 Å².